The Morgan fingerprint density at radius 2 is 2.09 bits per heavy atom. The molecule has 2 aliphatic carbocycles. The standard InChI is InChI=1S/C19H23NO3/c1-12-5-2-3-7-14(12)15-9-16(15)17(21)20-10-13-6-4-8-19(13,11-20)18(22)23/h2-3,5,7,13,15-16H,4,6,8-11H2,1H3,(H,22,23)/t13-,15?,16?,19+/m0/s1. The van der Waals surface area contributed by atoms with E-state index in [9.17, 15) is 14.7 Å². The Morgan fingerprint density at radius 3 is 2.78 bits per heavy atom. The first kappa shape index (κ1) is 14.7. The third kappa shape index (κ3) is 2.19. The fourth-order valence-electron chi connectivity index (χ4n) is 4.86. The predicted molar refractivity (Wildman–Crippen MR) is 86.0 cm³/mol. The molecule has 3 fully saturated rings. The first-order valence-corrected chi connectivity index (χ1v) is 8.60. The van der Waals surface area contributed by atoms with Crippen LogP contribution in [0.4, 0.5) is 0 Å². The molecule has 4 heteroatoms. The van der Waals surface area contributed by atoms with Crippen molar-refractivity contribution in [2.75, 3.05) is 13.1 Å². The number of carboxylic acid groups (broad SMARTS) is 1. The lowest BCUT2D eigenvalue weighted by molar-refractivity contribution is -0.149. The van der Waals surface area contributed by atoms with Crippen LogP contribution in [-0.2, 0) is 9.59 Å². The fourth-order valence-corrected chi connectivity index (χ4v) is 4.86. The zero-order chi connectivity index (χ0) is 16.2. The van der Waals surface area contributed by atoms with Gasteiger partial charge in [-0.2, -0.15) is 0 Å². The van der Waals surface area contributed by atoms with Gasteiger partial charge in [0, 0.05) is 19.0 Å². The Balaban J connectivity index is 1.48. The smallest absolute Gasteiger partial charge is 0.311 e. The topological polar surface area (TPSA) is 57.6 Å². The Kier molecular flexibility index (Phi) is 3.26. The van der Waals surface area contributed by atoms with Crippen molar-refractivity contribution in [2.45, 2.75) is 38.5 Å². The molecule has 1 amide bonds. The number of likely N-dealkylation sites (tertiary alicyclic amines) is 1. The highest BCUT2D eigenvalue weighted by Gasteiger charge is 2.57. The van der Waals surface area contributed by atoms with Gasteiger partial charge in [-0.15, -0.1) is 0 Å². The van der Waals surface area contributed by atoms with E-state index in [4.69, 9.17) is 0 Å². The maximum Gasteiger partial charge on any atom is 0.311 e. The van der Waals surface area contributed by atoms with Crippen molar-refractivity contribution >= 4 is 11.9 Å². The zero-order valence-electron chi connectivity index (χ0n) is 13.5. The second-order valence-corrected chi connectivity index (χ2v) is 7.57. The minimum absolute atomic E-state index is 0.0563. The van der Waals surface area contributed by atoms with Crippen molar-refractivity contribution < 1.29 is 14.7 Å². The molecule has 4 rings (SSSR count). The molecule has 2 unspecified atom stereocenters. The Hall–Kier alpha value is -1.84. The van der Waals surface area contributed by atoms with Gasteiger partial charge in [0.1, 0.15) is 0 Å². The molecular weight excluding hydrogens is 290 g/mol. The van der Waals surface area contributed by atoms with Crippen molar-refractivity contribution in [3.05, 3.63) is 35.4 Å². The number of benzene rings is 1. The molecule has 0 bridgehead atoms. The maximum atomic E-state index is 12.8. The van der Waals surface area contributed by atoms with E-state index < -0.39 is 11.4 Å². The minimum Gasteiger partial charge on any atom is -0.481 e. The molecular formula is C19H23NO3. The minimum atomic E-state index is -0.707. The molecule has 1 heterocycles. The molecule has 1 saturated heterocycles. The van der Waals surface area contributed by atoms with Crippen LogP contribution in [0.25, 0.3) is 0 Å². The second kappa shape index (κ2) is 5.08. The number of nitrogens with zero attached hydrogens (tertiary/aromatic N) is 1. The van der Waals surface area contributed by atoms with Gasteiger partial charge in [-0.05, 0) is 49.1 Å². The van der Waals surface area contributed by atoms with E-state index in [0.717, 1.165) is 25.7 Å². The number of hydrogen-bond donors (Lipinski definition) is 1. The maximum absolute atomic E-state index is 12.8. The first-order chi connectivity index (χ1) is 11.0. The fraction of sp³-hybridized carbons (Fsp3) is 0.579. The van der Waals surface area contributed by atoms with Gasteiger partial charge < -0.3 is 10.0 Å². The highest BCUT2D eigenvalue weighted by atomic mass is 16.4. The van der Waals surface area contributed by atoms with E-state index in [0.29, 0.717) is 19.0 Å². The summed E-state index contributed by atoms with van der Waals surface area (Å²) < 4.78 is 0. The third-order valence-electron chi connectivity index (χ3n) is 6.30. The van der Waals surface area contributed by atoms with E-state index in [1.54, 1.807) is 0 Å². The average molecular weight is 313 g/mol. The van der Waals surface area contributed by atoms with Gasteiger partial charge in [0.25, 0.3) is 0 Å². The number of amides is 1. The van der Waals surface area contributed by atoms with Crippen LogP contribution in [0, 0.1) is 24.2 Å². The molecule has 1 N–H and O–H groups in total. The molecule has 0 radical (unpaired) electrons. The number of rotatable bonds is 3. The summed E-state index contributed by atoms with van der Waals surface area (Å²) in [7, 11) is 0. The molecule has 4 nitrogen and oxygen atoms in total. The van der Waals surface area contributed by atoms with Crippen molar-refractivity contribution in [1.82, 2.24) is 4.90 Å². The molecule has 1 aliphatic heterocycles. The predicted octanol–water partition coefficient (Wildman–Crippen LogP) is 2.81. The summed E-state index contributed by atoms with van der Waals surface area (Å²) in [6.07, 6.45) is 3.56. The molecule has 2 saturated carbocycles. The number of carbonyl (C=O) groups is 2. The van der Waals surface area contributed by atoms with Gasteiger partial charge in [0.2, 0.25) is 5.91 Å². The van der Waals surface area contributed by atoms with E-state index in [-0.39, 0.29) is 17.7 Å². The molecule has 3 aliphatic rings. The van der Waals surface area contributed by atoms with Crippen LogP contribution in [0.15, 0.2) is 24.3 Å². The second-order valence-electron chi connectivity index (χ2n) is 7.57. The van der Waals surface area contributed by atoms with Gasteiger partial charge in [0.15, 0.2) is 0 Å². The Labute approximate surface area is 136 Å². The highest BCUT2D eigenvalue weighted by Crippen LogP contribution is 2.53. The first-order valence-electron chi connectivity index (χ1n) is 8.60. The molecule has 1 aromatic carbocycles. The number of aliphatic carboxylic acids is 1. The summed E-state index contributed by atoms with van der Waals surface area (Å²) >= 11 is 0. The molecule has 0 aromatic heterocycles. The van der Waals surface area contributed by atoms with Crippen LogP contribution in [0.3, 0.4) is 0 Å². The van der Waals surface area contributed by atoms with Crippen LogP contribution in [0.2, 0.25) is 0 Å². The summed E-state index contributed by atoms with van der Waals surface area (Å²) in [6, 6.07) is 8.26. The van der Waals surface area contributed by atoms with Crippen molar-refractivity contribution in [1.29, 1.82) is 0 Å². The Morgan fingerprint density at radius 1 is 1.30 bits per heavy atom. The monoisotopic (exact) mass is 313 g/mol. The molecule has 23 heavy (non-hydrogen) atoms. The SMILES string of the molecule is Cc1ccccc1C1CC1C(=O)N1C[C@@H]2CCC[C@@]2(C(=O)O)C1. The lowest BCUT2D eigenvalue weighted by Crippen LogP contribution is -2.37. The summed E-state index contributed by atoms with van der Waals surface area (Å²) in [5.41, 5.74) is 1.86. The van der Waals surface area contributed by atoms with E-state index in [2.05, 4.69) is 19.1 Å². The van der Waals surface area contributed by atoms with Crippen LogP contribution in [0.5, 0.6) is 0 Å². The van der Waals surface area contributed by atoms with Crippen molar-refractivity contribution in [3.63, 3.8) is 0 Å². The van der Waals surface area contributed by atoms with E-state index >= 15 is 0 Å². The van der Waals surface area contributed by atoms with E-state index in [1.165, 1.54) is 11.1 Å². The van der Waals surface area contributed by atoms with Crippen molar-refractivity contribution in [3.8, 4) is 0 Å². The van der Waals surface area contributed by atoms with Gasteiger partial charge in [0.05, 0.1) is 5.41 Å². The number of carboxylic acids is 1. The van der Waals surface area contributed by atoms with Crippen molar-refractivity contribution in [2.24, 2.45) is 17.3 Å². The van der Waals surface area contributed by atoms with Crippen LogP contribution in [-0.4, -0.2) is 35.0 Å². The number of aryl methyl sites for hydroxylation is 1. The summed E-state index contributed by atoms with van der Waals surface area (Å²) in [5.74, 6) is 0.000121. The van der Waals surface area contributed by atoms with Crippen LogP contribution in [0.1, 0.15) is 42.7 Å². The summed E-state index contributed by atoms with van der Waals surface area (Å²) in [4.78, 5) is 26.4. The van der Waals surface area contributed by atoms with E-state index in [1.807, 2.05) is 17.0 Å². The van der Waals surface area contributed by atoms with Gasteiger partial charge in [-0.3, -0.25) is 9.59 Å². The lowest BCUT2D eigenvalue weighted by Gasteiger charge is -2.23. The summed E-state index contributed by atoms with van der Waals surface area (Å²) in [6.45, 7) is 3.15. The number of carbonyl (C=O) groups excluding carboxylic acids is 1. The molecule has 0 spiro atoms. The largest absolute Gasteiger partial charge is 0.481 e. The third-order valence-corrected chi connectivity index (χ3v) is 6.30. The molecule has 122 valence electrons. The van der Waals surface area contributed by atoms with Crippen LogP contribution >= 0.6 is 0 Å². The lowest BCUT2D eigenvalue weighted by atomic mass is 9.81. The summed E-state index contributed by atoms with van der Waals surface area (Å²) in [5, 5.41) is 9.66. The van der Waals surface area contributed by atoms with Gasteiger partial charge >= 0.3 is 5.97 Å². The quantitative estimate of drug-likeness (QED) is 0.933. The number of hydrogen-bond acceptors (Lipinski definition) is 2. The number of fused-ring (bicyclic) bond motifs is 1. The molecule has 1 aromatic rings. The normalized spacial score (nSPS) is 35.2. The molecule has 4 atom stereocenters. The Bertz CT molecular complexity index is 670. The average Bonchev–Trinajstić information content (AvgIpc) is 3.05. The van der Waals surface area contributed by atoms with Gasteiger partial charge in [-0.1, -0.05) is 30.7 Å². The zero-order valence-corrected chi connectivity index (χ0v) is 13.5. The van der Waals surface area contributed by atoms with Gasteiger partial charge in [-0.25, -0.2) is 0 Å². The van der Waals surface area contributed by atoms with Crippen LogP contribution < -0.4 is 0 Å². The highest BCUT2D eigenvalue weighted by molar-refractivity contribution is 5.85.